The second-order valence-electron chi connectivity index (χ2n) is 9.87. The van der Waals surface area contributed by atoms with Crippen LogP contribution < -0.4 is 19.8 Å². The number of rotatable bonds is 6. The number of amides is 3. The Hall–Kier alpha value is -4.15. The lowest BCUT2D eigenvalue weighted by molar-refractivity contribution is -0.122. The lowest BCUT2D eigenvalue weighted by Gasteiger charge is -2.29. The number of fused-ring (bicyclic) bond motifs is 2. The first-order valence-corrected chi connectivity index (χ1v) is 14.4. The molecule has 202 valence electrons. The van der Waals surface area contributed by atoms with Crippen molar-refractivity contribution in [1.29, 1.82) is 0 Å². The predicted octanol–water partition coefficient (Wildman–Crippen LogP) is 4.87. The zero-order chi connectivity index (χ0) is 28.0. The number of thioether (sulfide) groups is 1. The molecule has 0 saturated carbocycles. The number of aromatic nitrogens is 1. The van der Waals surface area contributed by atoms with E-state index in [4.69, 9.17) is 4.74 Å². The molecule has 3 amide bonds. The van der Waals surface area contributed by atoms with E-state index in [2.05, 4.69) is 10.3 Å². The molecule has 2 N–H and O–H groups in total. The fraction of sp³-hybridized carbons (Fsp3) is 0.200. The summed E-state index contributed by atoms with van der Waals surface area (Å²) in [6, 6.07) is 21.9. The van der Waals surface area contributed by atoms with E-state index in [0.29, 0.717) is 22.2 Å². The van der Waals surface area contributed by atoms with Crippen molar-refractivity contribution in [2.24, 2.45) is 5.92 Å². The lowest BCUT2D eigenvalue weighted by Crippen LogP contribution is -2.32. The molecule has 1 saturated heterocycles. The van der Waals surface area contributed by atoms with Crippen molar-refractivity contribution < 1.29 is 19.1 Å². The van der Waals surface area contributed by atoms with Gasteiger partial charge in [-0.2, -0.15) is 0 Å². The molecule has 1 fully saturated rings. The van der Waals surface area contributed by atoms with Gasteiger partial charge in [0, 0.05) is 16.5 Å². The van der Waals surface area contributed by atoms with E-state index in [1.54, 1.807) is 24.3 Å². The minimum Gasteiger partial charge on any atom is -0.484 e. The van der Waals surface area contributed by atoms with Crippen molar-refractivity contribution in [2.75, 3.05) is 16.8 Å². The van der Waals surface area contributed by atoms with E-state index in [9.17, 15) is 19.2 Å². The van der Waals surface area contributed by atoms with Crippen molar-refractivity contribution in [3.8, 4) is 5.75 Å². The van der Waals surface area contributed by atoms with Gasteiger partial charge in [-0.1, -0.05) is 70.6 Å². The van der Waals surface area contributed by atoms with Gasteiger partial charge in [0.15, 0.2) is 6.61 Å². The van der Waals surface area contributed by atoms with Crippen molar-refractivity contribution in [3.63, 3.8) is 0 Å². The van der Waals surface area contributed by atoms with Gasteiger partial charge in [-0.05, 0) is 55.8 Å². The Bertz CT molecular complexity index is 1660. The van der Waals surface area contributed by atoms with Crippen LogP contribution >= 0.6 is 23.1 Å². The van der Waals surface area contributed by atoms with E-state index in [0.717, 1.165) is 32.9 Å². The molecular formula is C30H25N3O5S2. The summed E-state index contributed by atoms with van der Waals surface area (Å²) in [5.74, 6) is -1.50. The molecular weight excluding hydrogens is 546 g/mol. The highest BCUT2D eigenvalue weighted by Gasteiger charge is 2.56. The minimum absolute atomic E-state index is 0.167. The molecule has 0 aliphatic carbocycles. The first kappa shape index (κ1) is 26.1. The molecule has 6 rings (SSSR count). The van der Waals surface area contributed by atoms with Crippen LogP contribution in [0.4, 0.5) is 11.4 Å². The molecule has 10 heteroatoms. The van der Waals surface area contributed by atoms with Gasteiger partial charge in [0.25, 0.3) is 5.91 Å². The molecule has 0 radical (unpaired) electrons. The highest BCUT2D eigenvalue weighted by Crippen LogP contribution is 2.53. The van der Waals surface area contributed by atoms with Gasteiger partial charge in [-0.25, -0.2) is 4.90 Å². The molecule has 2 aliphatic heterocycles. The summed E-state index contributed by atoms with van der Waals surface area (Å²) < 4.78 is 5.69. The van der Waals surface area contributed by atoms with Gasteiger partial charge in [-0.15, -0.1) is 0 Å². The Labute approximate surface area is 238 Å². The van der Waals surface area contributed by atoms with Gasteiger partial charge in [0.2, 0.25) is 11.8 Å². The number of hydrogen-bond acceptors (Lipinski definition) is 7. The van der Waals surface area contributed by atoms with Gasteiger partial charge < -0.3 is 15.0 Å². The standard InChI is InChI=1S/C30H25N3O5S2/c1-16-3-9-19(10-4-16)31-22(34)15-38-21-13-7-18(8-14-21)23-24-26(39-27-25(23)40-30(37)32-27)29(36)33(28(24)35)20-11-5-17(2)6-12-20/h3-14,23-24,26H,15H2,1-2H3,(H,31,34)(H,32,37)/t23-,24-,26+/m0/s1. The number of aryl methyl sites for hydroxylation is 2. The molecule has 40 heavy (non-hydrogen) atoms. The van der Waals surface area contributed by atoms with E-state index in [1.165, 1.54) is 16.7 Å². The van der Waals surface area contributed by atoms with Crippen LogP contribution in [0.5, 0.6) is 5.75 Å². The predicted molar refractivity (Wildman–Crippen MR) is 155 cm³/mol. The van der Waals surface area contributed by atoms with Crippen LogP contribution in [0.15, 0.2) is 82.6 Å². The quantitative estimate of drug-likeness (QED) is 0.320. The van der Waals surface area contributed by atoms with Gasteiger partial charge in [0.1, 0.15) is 11.0 Å². The summed E-state index contributed by atoms with van der Waals surface area (Å²) in [5, 5.41) is 2.77. The molecule has 3 aromatic carbocycles. The third-order valence-electron chi connectivity index (χ3n) is 7.06. The monoisotopic (exact) mass is 571 g/mol. The Morgan fingerprint density at radius 1 is 0.900 bits per heavy atom. The number of aromatic amines is 1. The summed E-state index contributed by atoms with van der Waals surface area (Å²) in [6.07, 6.45) is 0. The Morgan fingerprint density at radius 2 is 1.55 bits per heavy atom. The smallest absolute Gasteiger partial charge is 0.305 e. The first-order chi connectivity index (χ1) is 19.3. The first-order valence-electron chi connectivity index (χ1n) is 12.7. The number of anilines is 2. The SMILES string of the molecule is Cc1ccc(NC(=O)COc2ccc([C@@H]3c4sc(=O)[nH]c4S[C@H]4C(=O)N(c5ccc(C)cc5)C(=O)[C@@H]34)cc2)cc1. The maximum Gasteiger partial charge on any atom is 0.305 e. The van der Waals surface area contributed by atoms with Crippen molar-refractivity contribution in [3.05, 3.63) is 104 Å². The van der Waals surface area contributed by atoms with Gasteiger partial charge in [-0.3, -0.25) is 19.2 Å². The van der Waals surface area contributed by atoms with Crippen LogP contribution in [0.1, 0.15) is 27.5 Å². The molecule has 3 heterocycles. The molecule has 0 unspecified atom stereocenters. The maximum atomic E-state index is 13.8. The van der Waals surface area contributed by atoms with E-state index >= 15 is 0 Å². The highest BCUT2D eigenvalue weighted by molar-refractivity contribution is 8.00. The summed E-state index contributed by atoms with van der Waals surface area (Å²) in [6.45, 7) is 3.75. The number of carbonyl (C=O) groups is 3. The van der Waals surface area contributed by atoms with E-state index in [-0.39, 0.29) is 29.2 Å². The Kier molecular flexibility index (Phi) is 6.81. The van der Waals surface area contributed by atoms with Crippen LogP contribution in [0.25, 0.3) is 0 Å². The maximum absolute atomic E-state index is 13.8. The lowest BCUT2D eigenvalue weighted by atomic mass is 9.83. The fourth-order valence-electron chi connectivity index (χ4n) is 5.08. The molecule has 0 bridgehead atoms. The highest BCUT2D eigenvalue weighted by atomic mass is 32.2. The zero-order valence-electron chi connectivity index (χ0n) is 21.7. The van der Waals surface area contributed by atoms with E-state index in [1.807, 2.05) is 62.4 Å². The Balaban J connectivity index is 1.24. The van der Waals surface area contributed by atoms with E-state index < -0.39 is 17.1 Å². The second-order valence-corrected chi connectivity index (χ2v) is 12.0. The average Bonchev–Trinajstić information content (AvgIpc) is 3.44. The zero-order valence-corrected chi connectivity index (χ0v) is 23.3. The van der Waals surface area contributed by atoms with Gasteiger partial charge >= 0.3 is 4.87 Å². The third-order valence-corrected chi connectivity index (χ3v) is 9.46. The number of nitrogens with one attached hydrogen (secondary N) is 2. The molecule has 8 nitrogen and oxygen atoms in total. The van der Waals surface area contributed by atoms with Crippen LogP contribution in [-0.2, 0) is 14.4 Å². The number of carbonyl (C=O) groups excluding carboxylic acids is 3. The molecule has 1 aromatic heterocycles. The van der Waals surface area contributed by atoms with Crippen LogP contribution in [-0.4, -0.2) is 34.6 Å². The number of H-pyrrole nitrogens is 1. The number of thiazole rings is 1. The number of hydrogen-bond donors (Lipinski definition) is 2. The largest absolute Gasteiger partial charge is 0.484 e. The summed E-state index contributed by atoms with van der Waals surface area (Å²) in [7, 11) is 0. The average molecular weight is 572 g/mol. The topological polar surface area (TPSA) is 109 Å². The molecule has 0 spiro atoms. The summed E-state index contributed by atoms with van der Waals surface area (Å²) in [4.78, 5) is 56.6. The van der Waals surface area contributed by atoms with Crippen LogP contribution in [0.3, 0.4) is 0 Å². The van der Waals surface area contributed by atoms with Crippen LogP contribution in [0, 0.1) is 19.8 Å². The summed E-state index contributed by atoms with van der Waals surface area (Å²) >= 11 is 2.32. The van der Waals surface area contributed by atoms with Crippen LogP contribution in [0.2, 0.25) is 0 Å². The molecule has 2 aliphatic rings. The van der Waals surface area contributed by atoms with Crippen molar-refractivity contribution >= 4 is 52.2 Å². The van der Waals surface area contributed by atoms with Gasteiger partial charge in [0.05, 0.1) is 16.6 Å². The fourth-order valence-corrected chi connectivity index (χ4v) is 7.59. The Morgan fingerprint density at radius 3 is 2.23 bits per heavy atom. The number of nitrogens with zero attached hydrogens (tertiary/aromatic N) is 1. The van der Waals surface area contributed by atoms with Crippen molar-refractivity contribution in [1.82, 2.24) is 4.98 Å². The third kappa shape index (κ3) is 4.84. The summed E-state index contributed by atoms with van der Waals surface area (Å²) in [5.41, 5.74) is 4.15. The number of benzene rings is 3. The normalized spacial score (nSPS) is 19.8. The van der Waals surface area contributed by atoms with Crippen molar-refractivity contribution in [2.45, 2.75) is 30.0 Å². The number of ether oxygens (including phenoxy) is 1. The number of imide groups is 1. The second kappa shape index (κ2) is 10.4. The molecule has 3 atom stereocenters. The molecule has 4 aromatic rings. The minimum atomic E-state index is -0.662.